The van der Waals surface area contributed by atoms with Crippen LogP contribution < -0.4 is 16.0 Å². The molecule has 0 spiro atoms. The van der Waals surface area contributed by atoms with Crippen LogP contribution in [0.2, 0.25) is 0 Å². The molecule has 0 aromatic heterocycles. The first-order valence-electron chi connectivity index (χ1n) is 7.43. The highest BCUT2D eigenvalue weighted by Crippen LogP contribution is 2.16. The van der Waals surface area contributed by atoms with Crippen molar-refractivity contribution in [3.63, 3.8) is 0 Å². The molecule has 7 heteroatoms. The number of rotatable bonds is 11. The van der Waals surface area contributed by atoms with Crippen molar-refractivity contribution in [3.8, 4) is 0 Å². The summed E-state index contributed by atoms with van der Waals surface area (Å²) in [6.07, 6.45) is 3.80. The minimum Gasteiger partial charge on any atom is -0.481 e. The first-order chi connectivity index (χ1) is 9.99. The maximum atomic E-state index is 11.5. The molecule has 21 heavy (non-hydrogen) atoms. The second-order valence-corrected chi connectivity index (χ2v) is 4.98. The normalized spacial score (nSPS) is 11.5. The molecule has 0 heterocycles. The highest BCUT2D eigenvalue weighted by molar-refractivity contribution is 5.77. The Balaban J connectivity index is 3.78. The van der Waals surface area contributed by atoms with Crippen molar-refractivity contribution in [2.45, 2.75) is 45.4 Å². The van der Waals surface area contributed by atoms with Crippen LogP contribution in [0.3, 0.4) is 0 Å². The molecule has 0 bridgehead atoms. The molecule has 7 nitrogen and oxygen atoms in total. The summed E-state index contributed by atoms with van der Waals surface area (Å²) >= 11 is 0. The van der Waals surface area contributed by atoms with E-state index in [1.54, 1.807) is 7.05 Å². The van der Waals surface area contributed by atoms with Gasteiger partial charge in [-0.15, -0.1) is 0 Å². The topological polar surface area (TPSA) is 108 Å². The number of aliphatic carboxylic acids is 1. The average molecular weight is 301 g/mol. The molecular formula is C14H27N3O4. The Morgan fingerprint density at radius 3 is 2.24 bits per heavy atom. The average Bonchev–Trinajstić information content (AvgIpc) is 2.44. The van der Waals surface area contributed by atoms with Crippen molar-refractivity contribution in [2.24, 2.45) is 5.92 Å². The van der Waals surface area contributed by atoms with Gasteiger partial charge in [0.1, 0.15) is 0 Å². The van der Waals surface area contributed by atoms with Gasteiger partial charge < -0.3 is 21.1 Å². The van der Waals surface area contributed by atoms with Crippen LogP contribution in [0.5, 0.6) is 0 Å². The number of carboxylic acid groups (broad SMARTS) is 1. The standard InChI is InChI=1S/C14H27N3O4/c1-3-4-11(5-6-13(19)20)7-9-16-14(21)17-10-8-12(18)15-2/h11H,3-10H2,1-2H3,(H,15,18)(H,19,20)(H2,16,17,21). The van der Waals surface area contributed by atoms with Crippen LogP contribution >= 0.6 is 0 Å². The van der Waals surface area contributed by atoms with E-state index in [-0.39, 0.29) is 24.8 Å². The second-order valence-electron chi connectivity index (χ2n) is 4.98. The Bertz CT molecular complexity index is 334. The number of hydrogen-bond acceptors (Lipinski definition) is 3. The Kier molecular flexibility index (Phi) is 11.0. The van der Waals surface area contributed by atoms with E-state index in [0.29, 0.717) is 25.4 Å². The van der Waals surface area contributed by atoms with Gasteiger partial charge >= 0.3 is 12.0 Å². The molecule has 4 N–H and O–H groups in total. The molecule has 0 radical (unpaired) electrons. The summed E-state index contributed by atoms with van der Waals surface area (Å²) < 4.78 is 0. The fraction of sp³-hybridized carbons (Fsp3) is 0.786. The van der Waals surface area contributed by atoms with Crippen molar-refractivity contribution in [1.82, 2.24) is 16.0 Å². The lowest BCUT2D eigenvalue weighted by Crippen LogP contribution is -2.38. The fourth-order valence-corrected chi connectivity index (χ4v) is 2.04. The molecule has 0 fully saturated rings. The molecule has 0 aliphatic rings. The Labute approximate surface area is 125 Å². The van der Waals surface area contributed by atoms with Crippen molar-refractivity contribution in [1.29, 1.82) is 0 Å². The van der Waals surface area contributed by atoms with Crippen LogP contribution in [0, 0.1) is 5.92 Å². The van der Waals surface area contributed by atoms with E-state index in [1.807, 2.05) is 0 Å². The quantitative estimate of drug-likeness (QED) is 0.458. The summed E-state index contributed by atoms with van der Waals surface area (Å²) in [5, 5.41) is 16.5. The summed E-state index contributed by atoms with van der Waals surface area (Å²) in [5.41, 5.74) is 0. The van der Waals surface area contributed by atoms with Gasteiger partial charge in [0.15, 0.2) is 0 Å². The third-order valence-corrected chi connectivity index (χ3v) is 3.22. The van der Waals surface area contributed by atoms with Gasteiger partial charge in [-0.05, 0) is 18.8 Å². The van der Waals surface area contributed by atoms with Gasteiger partial charge in [-0.25, -0.2) is 4.79 Å². The van der Waals surface area contributed by atoms with Crippen LogP contribution in [0.4, 0.5) is 4.79 Å². The molecule has 0 aromatic carbocycles. The molecule has 122 valence electrons. The van der Waals surface area contributed by atoms with Crippen LogP contribution in [-0.2, 0) is 9.59 Å². The van der Waals surface area contributed by atoms with E-state index in [0.717, 1.165) is 19.3 Å². The second kappa shape index (κ2) is 12.0. The Morgan fingerprint density at radius 1 is 1.00 bits per heavy atom. The SMILES string of the molecule is CCCC(CCNC(=O)NCCC(=O)NC)CCC(=O)O. The van der Waals surface area contributed by atoms with Gasteiger partial charge in [0.25, 0.3) is 0 Å². The molecule has 0 rings (SSSR count). The van der Waals surface area contributed by atoms with Gasteiger partial charge in [0.05, 0.1) is 0 Å². The van der Waals surface area contributed by atoms with Crippen LogP contribution in [0.15, 0.2) is 0 Å². The molecule has 1 unspecified atom stereocenters. The lowest BCUT2D eigenvalue weighted by atomic mass is 9.94. The van der Waals surface area contributed by atoms with E-state index in [1.165, 1.54) is 0 Å². The largest absolute Gasteiger partial charge is 0.481 e. The van der Waals surface area contributed by atoms with E-state index >= 15 is 0 Å². The molecule has 0 aliphatic carbocycles. The monoisotopic (exact) mass is 301 g/mol. The summed E-state index contributed by atoms with van der Waals surface area (Å²) in [4.78, 5) is 33.0. The molecule has 0 aromatic rings. The summed E-state index contributed by atoms with van der Waals surface area (Å²) in [6.45, 7) is 2.87. The van der Waals surface area contributed by atoms with Crippen molar-refractivity contribution < 1.29 is 19.5 Å². The van der Waals surface area contributed by atoms with Crippen LogP contribution in [0.25, 0.3) is 0 Å². The summed E-state index contributed by atoms with van der Waals surface area (Å²) in [7, 11) is 1.55. The highest BCUT2D eigenvalue weighted by atomic mass is 16.4. The molecule has 3 amide bonds. The zero-order valence-corrected chi connectivity index (χ0v) is 12.9. The lowest BCUT2D eigenvalue weighted by Gasteiger charge is -2.15. The maximum absolute atomic E-state index is 11.5. The van der Waals surface area contributed by atoms with Crippen molar-refractivity contribution in [2.75, 3.05) is 20.1 Å². The number of carbonyl (C=O) groups excluding carboxylic acids is 2. The van der Waals surface area contributed by atoms with Gasteiger partial charge in [-0.2, -0.15) is 0 Å². The van der Waals surface area contributed by atoms with Gasteiger partial charge in [0.2, 0.25) is 5.91 Å². The Morgan fingerprint density at radius 2 is 1.67 bits per heavy atom. The maximum Gasteiger partial charge on any atom is 0.314 e. The van der Waals surface area contributed by atoms with Crippen LogP contribution in [-0.4, -0.2) is 43.2 Å². The minimum atomic E-state index is -0.781. The molecule has 0 saturated carbocycles. The number of nitrogens with one attached hydrogen (secondary N) is 3. The molecular weight excluding hydrogens is 274 g/mol. The zero-order chi connectivity index (χ0) is 16.1. The zero-order valence-electron chi connectivity index (χ0n) is 12.9. The smallest absolute Gasteiger partial charge is 0.314 e. The highest BCUT2D eigenvalue weighted by Gasteiger charge is 2.10. The van der Waals surface area contributed by atoms with Gasteiger partial charge in [-0.3, -0.25) is 9.59 Å². The third kappa shape index (κ3) is 11.7. The predicted molar refractivity (Wildman–Crippen MR) is 80.0 cm³/mol. The van der Waals surface area contributed by atoms with Gasteiger partial charge in [-0.1, -0.05) is 19.8 Å². The number of carboxylic acids is 1. The van der Waals surface area contributed by atoms with Gasteiger partial charge in [0, 0.05) is 33.0 Å². The third-order valence-electron chi connectivity index (χ3n) is 3.22. The number of hydrogen-bond donors (Lipinski definition) is 4. The van der Waals surface area contributed by atoms with E-state index in [2.05, 4.69) is 22.9 Å². The van der Waals surface area contributed by atoms with E-state index in [9.17, 15) is 14.4 Å². The fourth-order valence-electron chi connectivity index (χ4n) is 2.04. The summed E-state index contributed by atoms with van der Waals surface area (Å²) in [5.74, 6) is -0.583. The van der Waals surface area contributed by atoms with E-state index in [4.69, 9.17) is 5.11 Å². The first-order valence-corrected chi connectivity index (χ1v) is 7.43. The Hall–Kier alpha value is -1.79. The lowest BCUT2D eigenvalue weighted by molar-refractivity contribution is -0.137. The van der Waals surface area contributed by atoms with Crippen LogP contribution in [0.1, 0.15) is 45.4 Å². The molecule has 0 saturated heterocycles. The predicted octanol–water partition coefficient (Wildman–Crippen LogP) is 1.09. The number of carbonyl (C=O) groups is 3. The number of urea groups is 1. The van der Waals surface area contributed by atoms with Crippen molar-refractivity contribution >= 4 is 17.9 Å². The molecule has 0 aliphatic heterocycles. The van der Waals surface area contributed by atoms with Crippen molar-refractivity contribution in [3.05, 3.63) is 0 Å². The first kappa shape index (κ1) is 19.2. The molecule has 1 atom stereocenters. The summed E-state index contributed by atoms with van der Waals surface area (Å²) in [6, 6.07) is -0.299. The minimum absolute atomic E-state index is 0.119. The number of amides is 3. The van der Waals surface area contributed by atoms with E-state index < -0.39 is 5.97 Å².